The third-order valence-electron chi connectivity index (χ3n) is 3.55. The maximum atomic E-state index is 12.1. The largest absolute Gasteiger partial charge is 0.490 e. The Morgan fingerprint density at radius 3 is 2.23 bits per heavy atom. The maximum absolute atomic E-state index is 12.1. The van der Waals surface area contributed by atoms with Crippen LogP contribution in [0.15, 0.2) is 48.5 Å². The molecule has 5 heteroatoms. The summed E-state index contributed by atoms with van der Waals surface area (Å²) >= 11 is 0. The van der Waals surface area contributed by atoms with Crippen LogP contribution in [-0.4, -0.2) is 24.9 Å². The maximum Gasteiger partial charge on any atom is 0.248 e. The van der Waals surface area contributed by atoms with Crippen LogP contribution in [0.4, 0.5) is 5.69 Å². The molecular weight excluding hydrogens is 330 g/mol. The lowest BCUT2D eigenvalue weighted by Crippen LogP contribution is -2.07. The SMILES string of the molecule is CCOc1ccc(C=CC(=O)Nc2ccc(C(C)=O)cc2)cc1OCC. The van der Waals surface area contributed by atoms with E-state index in [1.807, 2.05) is 32.0 Å². The fourth-order valence-corrected chi connectivity index (χ4v) is 2.32. The first-order valence-corrected chi connectivity index (χ1v) is 8.53. The molecule has 5 nitrogen and oxygen atoms in total. The first-order chi connectivity index (χ1) is 12.5. The highest BCUT2D eigenvalue weighted by molar-refractivity contribution is 6.02. The first kappa shape index (κ1) is 19.2. The minimum atomic E-state index is -0.257. The lowest BCUT2D eigenvalue weighted by atomic mass is 10.1. The monoisotopic (exact) mass is 353 g/mol. The number of hydrogen-bond donors (Lipinski definition) is 1. The van der Waals surface area contributed by atoms with Crippen molar-refractivity contribution < 1.29 is 19.1 Å². The van der Waals surface area contributed by atoms with Crippen LogP contribution < -0.4 is 14.8 Å². The van der Waals surface area contributed by atoms with Gasteiger partial charge in [-0.25, -0.2) is 0 Å². The number of Topliss-reactive ketones (excluding diaryl/α,β-unsaturated/α-hetero) is 1. The van der Waals surface area contributed by atoms with Crippen molar-refractivity contribution in [2.24, 2.45) is 0 Å². The summed E-state index contributed by atoms with van der Waals surface area (Å²) in [6.45, 7) is 6.41. The van der Waals surface area contributed by atoms with Crippen LogP contribution in [0.5, 0.6) is 11.5 Å². The number of ether oxygens (including phenoxy) is 2. The van der Waals surface area contributed by atoms with Crippen molar-refractivity contribution in [1.29, 1.82) is 0 Å². The van der Waals surface area contributed by atoms with Crippen molar-refractivity contribution >= 4 is 23.5 Å². The molecule has 2 aromatic rings. The van der Waals surface area contributed by atoms with Gasteiger partial charge in [-0.3, -0.25) is 9.59 Å². The number of carbonyl (C=O) groups excluding carboxylic acids is 2. The number of ketones is 1. The molecule has 2 aromatic carbocycles. The topological polar surface area (TPSA) is 64.6 Å². The van der Waals surface area contributed by atoms with E-state index in [9.17, 15) is 9.59 Å². The molecule has 0 bridgehead atoms. The summed E-state index contributed by atoms with van der Waals surface area (Å²) in [5, 5.41) is 2.76. The molecule has 136 valence electrons. The van der Waals surface area contributed by atoms with E-state index >= 15 is 0 Å². The van der Waals surface area contributed by atoms with Gasteiger partial charge >= 0.3 is 0 Å². The van der Waals surface area contributed by atoms with Crippen LogP contribution in [0.25, 0.3) is 6.08 Å². The van der Waals surface area contributed by atoms with Crippen molar-refractivity contribution in [3.63, 3.8) is 0 Å². The Morgan fingerprint density at radius 1 is 0.962 bits per heavy atom. The van der Waals surface area contributed by atoms with Crippen LogP contribution >= 0.6 is 0 Å². The highest BCUT2D eigenvalue weighted by atomic mass is 16.5. The fourth-order valence-electron chi connectivity index (χ4n) is 2.32. The zero-order valence-electron chi connectivity index (χ0n) is 15.2. The fraction of sp³-hybridized carbons (Fsp3) is 0.238. The van der Waals surface area contributed by atoms with Crippen LogP contribution in [0.1, 0.15) is 36.7 Å². The molecule has 2 rings (SSSR count). The summed E-state index contributed by atoms with van der Waals surface area (Å²) in [6, 6.07) is 12.3. The average molecular weight is 353 g/mol. The Bertz CT molecular complexity index is 794. The number of amides is 1. The molecule has 0 aromatic heterocycles. The summed E-state index contributed by atoms with van der Waals surface area (Å²) in [7, 11) is 0. The molecule has 0 unspecified atom stereocenters. The van der Waals surface area contributed by atoms with Gasteiger partial charge < -0.3 is 14.8 Å². The van der Waals surface area contributed by atoms with E-state index < -0.39 is 0 Å². The van der Waals surface area contributed by atoms with Gasteiger partial charge in [0.2, 0.25) is 5.91 Å². The molecule has 1 N–H and O–H groups in total. The molecule has 0 aliphatic heterocycles. The van der Waals surface area contributed by atoms with E-state index in [4.69, 9.17) is 9.47 Å². The summed E-state index contributed by atoms with van der Waals surface area (Å²) in [4.78, 5) is 23.3. The quantitative estimate of drug-likeness (QED) is 0.566. The molecule has 0 aliphatic rings. The van der Waals surface area contributed by atoms with Gasteiger partial charge in [0.25, 0.3) is 0 Å². The van der Waals surface area contributed by atoms with E-state index in [-0.39, 0.29) is 11.7 Å². The van der Waals surface area contributed by atoms with Gasteiger partial charge in [0.1, 0.15) is 0 Å². The van der Waals surface area contributed by atoms with E-state index in [0.29, 0.717) is 36.0 Å². The van der Waals surface area contributed by atoms with Gasteiger partial charge in [0.05, 0.1) is 13.2 Å². The van der Waals surface area contributed by atoms with Gasteiger partial charge in [-0.05, 0) is 68.8 Å². The van der Waals surface area contributed by atoms with Crippen LogP contribution in [0.2, 0.25) is 0 Å². The summed E-state index contributed by atoms with van der Waals surface area (Å²) in [5.74, 6) is 1.06. The lowest BCUT2D eigenvalue weighted by molar-refractivity contribution is -0.111. The smallest absolute Gasteiger partial charge is 0.248 e. The molecule has 0 spiro atoms. The zero-order valence-corrected chi connectivity index (χ0v) is 15.2. The predicted molar refractivity (Wildman–Crippen MR) is 103 cm³/mol. The Morgan fingerprint density at radius 2 is 1.62 bits per heavy atom. The van der Waals surface area contributed by atoms with Gasteiger partial charge in [-0.1, -0.05) is 6.07 Å². The van der Waals surface area contributed by atoms with Crippen molar-refractivity contribution in [3.05, 3.63) is 59.7 Å². The highest BCUT2D eigenvalue weighted by Crippen LogP contribution is 2.29. The van der Waals surface area contributed by atoms with E-state index in [1.165, 1.54) is 13.0 Å². The predicted octanol–water partition coefficient (Wildman–Crippen LogP) is 4.34. The number of carbonyl (C=O) groups is 2. The van der Waals surface area contributed by atoms with Crippen molar-refractivity contribution in [2.75, 3.05) is 18.5 Å². The second-order valence-corrected chi connectivity index (χ2v) is 5.53. The number of anilines is 1. The van der Waals surface area contributed by atoms with E-state index in [0.717, 1.165) is 5.56 Å². The second-order valence-electron chi connectivity index (χ2n) is 5.53. The van der Waals surface area contributed by atoms with Crippen molar-refractivity contribution in [2.45, 2.75) is 20.8 Å². The minimum absolute atomic E-state index is 0.0108. The van der Waals surface area contributed by atoms with Crippen LogP contribution in [0.3, 0.4) is 0 Å². The van der Waals surface area contributed by atoms with Crippen LogP contribution in [-0.2, 0) is 4.79 Å². The van der Waals surface area contributed by atoms with E-state index in [1.54, 1.807) is 30.3 Å². The molecule has 1 amide bonds. The van der Waals surface area contributed by atoms with Gasteiger partial charge in [0.15, 0.2) is 17.3 Å². The Hall–Kier alpha value is -3.08. The minimum Gasteiger partial charge on any atom is -0.490 e. The molecule has 0 radical (unpaired) electrons. The normalized spacial score (nSPS) is 10.6. The number of rotatable bonds is 8. The molecule has 0 atom stereocenters. The second kappa shape index (κ2) is 9.42. The van der Waals surface area contributed by atoms with E-state index in [2.05, 4.69) is 5.32 Å². The molecule has 0 fully saturated rings. The van der Waals surface area contributed by atoms with Gasteiger partial charge in [-0.15, -0.1) is 0 Å². The highest BCUT2D eigenvalue weighted by Gasteiger charge is 2.05. The summed E-state index contributed by atoms with van der Waals surface area (Å²) in [6.07, 6.45) is 3.15. The molecule has 0 aliphatic carbocycles. The Labute approximate surface area is 153 Å². The molecule has 0 heterocycles. The lowest BCUT2D eigenvalue weighted by Gasteiger charge is -2.11. The van der Waals surface area contributed by atoms with Crippen LogP contribution in [0, 0.1) is 0 Å². The van der Waals surface area contributed by atoms with Crippen molar-refractivity contribution in [1.82, 2.24) is 0 Å². The first-order valence-electron chi connectivity index (χ1n) is 8.53. The number of nitrogens with one attached hydrogen (secondary N) is 1. The molecule has 0 saturated carbocycles. The van der Waals surface area contributed by atoms with Gasteiger partial charge in [-0.2, -0.15) is 0 Å². The summed E-state index contributed by atoms with van der Waals surface area (Å²) in [5.41, 5.74) is 2.07. The summed E-state index contributed by atoms with van der Waals surface area (Å²) < 4.78 is 11.1. The number of hydrogen-bond acceptors (Lipinski definition) is 4. The van der Waals surface area contributed by atoms with Crippen molar-refractivity contribution in [3.8, 4) is 11.5 Å². The molecule has 0 saturated heterocycles. The third kappa shape index (κ3) is 5.48. The average Bonchev–Trinajstić information content (AvgIpc) is 2.62. The molecule has 26 heavy (non-hydrogen) atoms. The third-order valence-corrected chi connectivity index (χ3v) is 3.55. The molecular formula is C21H23NO4. The zero-order chi connectivity index (χ0) is 18.9. The van der Waals surface area contributed by atoms with Gasteiger partial charge in [0, 0.05) is 17.3 Å². The standard InChI is InChI=1S/C21H23NO4/c1-4-25-19-12-6-16(14-20(19)26-5-2)7-13-21(24)22-18-10-8-17(9-11-18)15(3)23/h6-14H,4-5H2,1-3H3,(H,22,24). The Kier molecular flexibility index (Phi) is 6.97. The number of benzene rings is 2. The Balaban J connectivity index is 2.04.